The van der Waals surface area contributed by atoms with Crippen molar-refractivity contribution in [2.24, 2.45) is 0 Å². The number of benzene rings is 2. The molecule has 0 saturated heterocycles. The molecule has 1 aliphatic rings. The molecule has 0 atom stereocenters. The number of H-pyrrole nitrogens is 1. The molecule has 4 rings (SSSR count). The van der Waals surface area contributed by atoms with Gasteiger partial charge in [-0.2, -0.15) is 0 Å². The van der Waals surface area contributed by atoms with Gasteiger partial charge in [0.05, 0.1) is 17.4 Å². The lowest BCUT2D eigenvalue weighted by Crippen LogP contribution is -2.30. The second-order valence-electron chi connectivity index (χ2n) is 5.76. The number of carbonyl (C=O) groups is 1. The Labute approximate surface area is 143 Å². The van der Waals surface area contributed by atoms with Crippen LogP contribution in [0.2, 0.25) is 0 Å². The van der Waals surface area contributed by atoms with Crippen molar-refractivity contribution in [3.05, 3.63) is 53.6 Å². The highest BCUT2D eigenvalue weighted by atomic mass is 19.1. The van der Waals surface area contributed by atoms with Crippen LogP contribution >= 0.6 is 0 Å². The van der Waals surface area contributed by atoms with E-state index in [9.17, 15) is 9.18 Å². The fourth-order valence-corrected chi connectivity index (χ4v) is 2.93. The van der Waals surface area contributed by atoms with Crippen LogP contribution in [0.5, 0.6) is 11.5 Å². The third-order valence-electron chi connectivity index (χ3n) is 4.20. The molecular weight excluding hydrogens is 325 g/mol. The van der Waals surface area contributed by atoms with E-state index in [-0.39, 0.29) is 18.3 Å². The van der Waals surface area contributed by atoms with Gasteiger partial charge >= 0.3 is 0 Å². The number of halogens is 1. The minimum Gasteiger partial charge on any atom is -0.454 e. The van der Waals surface area contributed by atoms with Crippen LogP contribution in [0.4, 0.5) is 4.39 Å². The van der Waals surface area contributed by atoms with Gasteiger partial charge < -0.3 is 19.4 Å². The number of aromatic amines is 1. The molecule has 0 unspecified atom stereocenters. The first-order chi connectivity index (χ1) is 12.2. The van der Waals surface area contributed by atoms with Crippen LogP contribution in [0.1, 0.15) is 22.8 Å². The van der Waals surface area contributed by atoms with E-state index in [0.29, 0.717) is 35.6 Å². The zero-order valence-electron chi connectivity index (χ0n) is 13.6. The molecule has 128 valence electrons. The number of rotatable bonds is 4. The molecule has 0 aliphatic carbocycles. The van der Waals surface area contributed by atoms with Crippen LogP contribution in [-0.2, 0) is 6.54 Å². The third-order valence-corrected chi connectivity index (χ3v) is 4.20. The molecule has 7 heteroatoms. The van der Waals surface area contributed by atoms with E-state index in [0.717, 1.165) is 5.56 Å². The quantitative estimate of drug-likeness (QED) is 0.792. The number of fused-ring (bicyclic) bond motifs is 2. The Balaban J connectivity index is 1.64. The molecule has 0 spiro atoms. The molecule has 2 aromatic carbocycles. The normalized spacial score (nSPS) is 12.6. The molecule has 1 aromatic heterocycles. The number of imidazole rings is 1. The largest absolute Gasteiger partial charge is 0.454 e. The number of carbonyl (C=O) groups excluding carboxylic acids is 1. The van der Waals surface area contributed by atoms with Gasteiger partial charge in [-0.25, -0.2) is 9.37 Å². The van der Waals surface area contributed by atoms with Crippen LogP contribution in [0.3, 0.4) is 0 Å². The highest BCUT2D eigenvalue weighted by molar-refractivity contribution is 6.04. The number of nitrogens with zero attached hydrogens (tertiary/aromatic N) is 2. The van der Waals surface area contributed by atoms with E-state index in [4.69, 9.17) is 9.47 Å². The van der Waals surface area contributed by atoms with Crippen molar-refractivity contribution < 1.29 is 18.7 Å². The summed E-state index contributed by atoms with van der Waals surface area (Å²) in [4.78, 5) is 21.6. The van der Waals surface area contributed by atoms with Crippen molar-refractivity contribution in [3.8, 4) is 11.5 Å². The molecule has 0 fully saturated rings. The van der Waals surface area contributed by atoms with Gasteiger partial charge in [0.2, 0.25) is 6.79 Å². The molecule has 3 aromatic rings. The predicted molar refractivity (Wildman–Crippen MR) is 89.0 cm³/mol. The van der Waals surface area contributed by atoms with Crippen molar-refractivity contribution in [1.82, 2.24) is 14.9 Å². The molecule has 6 nitrogen and oxygen atoms in total. The summed E-state index contributed by atoms with van der Waals surface area (Å²) < 4.78 is 24.5. The lowest BCUT2D eigenvalue weighted by Gasteiger charge is -2.21. The number of hydrogen-bond donors (Lipinski definition) is 1. The SMILES string of the molecule is CCN(Cc1ccc2c(c1)OCO2)C(=O)c1cc(F)cc2[nH]cnc12. The Bertz CT molecular complexity index is 954. The molecular formula is C18H16FN3O3. The van der Waals surface area contributed by atoms with Crippen molar-refractivity contribution in [3.63, 3.8) is 0 Å². The van der Waals surface area contributed by atoms with Crippen LogP contribution in [0, 0.1) is 5.82 Å². The standard InChI is InChI=1S/C18H16FN3O3/c1-2-22(8-11-3-4-15-16(5-11)25-10-24-15)18(23)13-6-12(19)7-14-17(13)21-9-20-14/h3-7,9H,2,8,10H2,1H3,(H,20,21). The highest BCUT2D eigenvalue weighted by Gasteiger charge is 2.21. The maximum Gasteiger partial charge on any atom is 0.256 e. The molecule has 2 heterocycles. The lowest BCUT2D eigenvalue weighted by atomic mass is 10.1. The molecule has 0 bridgehead atoms. The summed E-state index contributed by atoms with van der Waals surface area (Å²) in [5, 5.41) is 0. The van der Waals surface area contributed by atoms with Gasteiger partial charge in [-0.1, -0.05) is 6.07 Å². The van der Waals surface area contributed by atoms with Crippen LogP contribution in [0.15, 0.2) is 36.7 Å². The summed E-state index contributed by atoms with van der Waals surface area (Å²) in [6.45, 7) is 2.95. The maximum atomic E-state index is 13.8. The van der Waals surface area contributed by atoms with E-state index in [1.807, 2.05) is 25.1 Å². The first-order valence-electron chi connectivity index (χ1n) is 7.96. The topological polar surface area (TPSA) is 67.5 Å². The Kier molecular flexibility index (Phi) is 3.76. The van der Waals surface area contributed by atoms with Gasteiger partial charge in [-0.3, -0.25) is 4.79 Å². The van der Waals surface area contributed by atoms with E-state index in [1.165, 1.54) is 18.5 Å². The van der Waals surface area contributed by atoms with Crippen LogP contribution in [0.25, 0.3) is 11.0 Å². The fraction of sp³-hybridized carbons (Fsp3) is 0.222. The minimum absolute atomic E-state index is 0.204. The number of amides is 1. The fourth-order valence-electron chi connectivity index (χ4n) is 2.93. The van der Waals surface area contributed by atoms with Crippen molar-refractivity contribution in [2.75, 3.05) is 13.3 Å². The average Bonchev–Trinajstić information content (AvgIpc) is 3.26. The molecule has 25 heavy (non-hydrogen) atoms. The van der Waals surface area contributed by atoms with Crippen molar-refractivity contribution in [2.45, 2.75) is 13.5 Å². The maximum absolute atomic E-state index is 13.8. The van der Waals surface area contributed by atoms with Gasteiger partial charge in [-0.15, -0.1) is 0 Å². The average molecular weight is 341 g/mol. The summed E-state index contributed by atoms with van der Waals surface area (Å²) in [5.74, 6) is 0.624. The van der Waals surface area contributed by atoms with Gasteiger partial charge in [-0.05, 0) is 36.8 Å². The summed E-state index contributed by atoms with van der Waals surface area (Å²) >= 11 is 0. The summed E-state index contributed by atoms with van der Waals surface area (Å²) in [5.41, 5.74) is 2.13. The Hall–Kier alpha value is -3.09. The Morgan fingerprint density at radius 3 is 2.96 bits per heavy atom. The molecule has 0 radical (unpaired) electrons. The first-order valence-corrected chi connectivity index (χ1v) is 7.96. The van der Waals surface area contributed by atoms with Crippen molar-refractivity contribution in [1.29, 1.82) is 0 Å². The predicted octanol–water partition coefficient (Wildman–Crippen LogP) is 3.09. The monoisotopic (exact) mass is 341 g/mol. The van der Waals surface area contributed by atoms with Gasteiger partial charge in [0, 0.05) is 13.1 Å². The molecule has 0 saturated carbocycles. The number of aromatic nitrogens is 2. The summed E-state index contributed by atoms with van der Waals surface area (Å²) in [6, 6.07) is 8.12. The Morgan fingerprint density at radius 1 is 1.28 bits per heavy atom. The Morgan fingerprint density at radius 2 is 2.12 bits per heavy atom. The third kappa shape index (κ3) is 2.77. The molecule has 1 aliphatic heterocycles. The zero-order chi connectivity index (χ0) is 17.4. The van der Waals surface area contributed by atoms with Crippen LogP contribution < -0.4 is 9.47 Å². The summed E-state index contributed by atoms with van der Waals surface area (Å²) in [7, 11) is 0. The minimum atomic E-state index is -0.473. The molecule has 1 amide bonds. The number of ether oxygens (including phenoxy) is 2. The second kappa shape index (κ2) is 6.08. The number of nitrogens with one attached hydrogen (secondary N) is 1. The van der Waals surface area contributed by atoms with E-state index in [1.54, 1.807) is 4.90 Å². The van der Waals surface area contributed by atoms with Crippen molar-refractivity contribution >= 4 is 16.9 Å². The van der Waals surface area contributed by atoms with Gasteiger partial charge in [0.15, 0.2) is 11.5 Å². The van der Waals surface area contributed by atoms with E-state index < -0.39 is 5.82 Å². The summed E-state index contributed by atoms with van der Waals surface area (Å²) in [6.07, 6.45) is 1.45. The number of hydrogen-bond acceptors (Lipinski definition) is 4. The first kappa shape index (κ1) is 15.4. The lowest BCUT2D eigenvalue weighted by molar-refractivity contribution is 0.0753. The second-order valence-corrected chi connectivity index (χ2v) is 5.76. The van der Waals surface area contributed by atoms with Gasteiger partial charge in [0.25, 0.3) is 5.91 Å². The van der Waals surface area contributed by atoms with E-state index in [2.05, 4.69) is 9.97 Å². The zero-order valence-corrected chi connectivity index (χ0v) is 13.6. The van der Waals surface area contributed by atoms with Crippen LogP contribution in [-0.4, -0.2) is 34.1 Å². The van der Waals surface area contributed by atoms with Gasteiger partial charge in [0.1, 0.15) is 11.3 Å². The smallest absolute Gasteiger partial charge is 0.256 e. The highest BCUT2D eigenvalue weighted by Crippen LogP contribution is 2.33. The molecule has 1 N–H and O–H groups in total. The van der Waals surface area contributed by atoms with E-state index >= 15 is 0 Å².